The lowest BCUT2D eigenvalue weighted by Gasteiger charge is -2.29. The summed E-state index contributed by atoms with van der Waals surface area (Å²) < 4.78 is 10.8. The van der Waals surface area contributed by atoms with E-state index in [2.05, 4.69) is 17.4 Å². The SMILES string of the molecule is Cc1ccc(NC(=O)C[NH+]2CC[NH+](Cc3ccc4c(c3)OCO4)CC2)cc1Cl. The smallest absolute Gasteiger partial charge is 0.279 e. The predicted octanol–water partition coefficient (Wildman–Crippen LogP) is 0.299. The fourth-order valence-corrected chi connectivity index (χ4v) is 3.93. The van der Waals surface area contributed by atoms with Crippen molar-refractivity contribution in [2.45, 2.75) is 13.5 Å². The molecular weight excluding hydrogens is 378 g/mol. The molecular formula is C21H26ClN3O3+2. The van der Waals surface area contributed by atoms with Crippen LogP contribution in [0.5, 0.6) is 11.5 Å². The highest BCUT2D eigenvalue weighted by Gasteiger charge is 2.25. The first-order chi connectivity index (χ1) is 13.6. The number of carbonyl (C=O) groups excluding carboxylic acids is 1. The van der Waals surface area contributed by atoms with Gasteiger partial charge in [0.2, 0.25) is 6.79 Å². The molecule has 0 unspecified atom stereocenters. The van der Waals surface area contributed by atoms with Crippen LogP contribution in [0.4, 0.5) is 5.69 Å². The van der Waals surface area contributed by atoms with Crippen molar-refractivity contribution in [2.75, 3.05) is 44.8 Å². The Kier molecular flexibility index (Phi) is 5.71. The molecule has 6 nitrogen and oxygen atoms in total. The highest BCUT2D eigenvalue weighted by atomic mass is 35.5. The fourth-order valence-electron chi connectivity index (χ4n) is 3.75. The molecule has 1 amide bonds. The Morgan fingerprint density at radius 3 is 2.57 bits per heavy atom. The first-order valence-electron chi connectivity index (χ1n) is 9.68. The van der Waals surface area contributed by atoms with Crippen LogP contribution in [0, 0.1) is 6.92 Å². The number of hydrogen-bond donors (Lipinski definition) is 3. The summed E-state index contributed by atoms with van der Waals surface area (Å²) >= 11 is 6.13. The third-order valence-corrected chi connectivity index (χ3v) is 5.83. The van der Waals surface area contributed by atoms with Crippen LogP contribution in [0.1, 0.15) is 11.1 Å². The van der Waals surface area contributed by atoms with Crippen LogP contribution in [-0.4, -0.2) is 45.4 Å². The number of rotatable bonds is 5. The molecule has 28 heavy (non-hydrogen) atoms. The zero-order valence-electron chi connectivity index (χ0n) is 16.0. The van der Waals surface area contributed by atoms with E-state index in [4.69, 9.17) is 21.1 Å². The Balaban J connectivity index is 1.23. The van der Waals surface area contributed by atoms with Gasteiger partial charge in [-0.1, -0.05) is 17.7 Å². The third-order valence-electron chi connectivity index (χ3n) is 5.42. The van der Waals surface area contributed by atoms with Gasteiger partial charge in [-0.15, -0.1) is 0 Å². The largest absolute Gasteiger partial charge is 0.454 e. The van der Waals surface area contributed by atoms with E-state index in [9.17, 15) is 4.79 Å². The monoisotopic (exact) mass is 403 g/mol. The lowest BCUT2D eigenvalue weighted by molar-refractivity contribution is -1.02. The summed E-state index contributed by atoms with van der Waals surface area (Å²) in [6.45, 7) is 7.79. The summed E-state index contributed by atoms with van der Waals surface area (Å²) in [6, 6.07) is 11.8. The molecule has 2 heterocycles. The van der Waals surface area contributed by atoms with Gasteiger partial charge < -0.3 is 24.6 Å². The standard InChI is InChI=1S/C21H24ClN3O3/c1-15-2-4-17(11-18(15)22)23-21(26)13-25-8-6-24(7-9-25)12-16-3-5-19-20(10-16)28-14-27-19/h2-5,10-11H,6-9,12-14H2,1H3,(H,23,26)/p+2. The highest BCUT2D eigenvalue weighted by molar-refractivity contribution is 6.31. The van der Waals surface area contributed by atoms with Gasteiger partial charge in [-0.3, -0.25) is 4.79 Å². The molecule has 0 spiro atoms. The quantitative estimate of drug-likeness (QED) is 0.673. The highest BCUT2D eigenvalue weighted by Crippen LogP contribution is 2.32. The number of quaternary nitrogens is 2. The van der Waals surface area contributed by atoms with Gasteiger partial charge in [-0.2, -0.15) is 0 Å². The number of aryl methyl sites for hydroxylation is 1. The van der Waals surface area contributed by atoms with Crippen LogP contribution in [0.25, 0.3) is 0 Å². The minimum atomic E-state index is 0.0362. The van der Waals surface area contributed by atoms with Gasteiger partial charge in [0.25, 0.3) is 5.91 Å². The zero-order chi connectivity index (χ0) is 19.5. The molecule has 0 atom stereocenters. The van der Waals surface area contributed by atoms with Crippen molar-refractivity contribution >= 4 is 23.2 Å². The predicted molar refractivity (Wildman–Crippen MR) is 107 cm³/mol. The van der Waals surface area contributed by atoms with Gasteiger partial charge in [-0.25, -0.2) is 0 Å². The maximum absolute atomic E-state index is 12.4. The van der Waals surface area contributed by atoms with E-state index in [0.717, 1.165) is 55.5 Å². The molecule has 0 radical (unpaired) electrons. The molecule has 7 heteroatoms. The van der Waals surface area contributed by atoms with E-state index in [0.29, 0.717) is 18.4 Å². The average Bonchev–Trinajstić information content (AvgIpc) is 3.14. The Labute approximate surface area is 170 Å². The number of fused-ring (bicyclic) bond motifs is 1. The van der Waals surface area contributed by atoms with Crippen LogP contribution >= 0.6 is 11.6 Å². The van der Waals surface area contributed by atoms with E-state index in [-0.39, 0.29) is 5.91 Å². The molecule has 2 aromatic carbocycles. The number of halogens is 1. The number of amides is 1. The Morgan fingerprint density at radius 1 is 1.04 bits per heavy atom. The Morgan fingerprint density at radius 2 is 1.79 bits per heavy atom. The number of ether oxygens (including phenoxy) is 2. The summed E-state index contributed by atoms with van der Waals surface area (Å²) in [5.74, 6) is 1.71. The van der Waals surface area contributed by atoms with Gasteiger partial charge in [0.1, 0.15) is 32.7 Å². The van der Waals surface area contributed by atoms with Gasteiger partial charge in [0.15, 0.2) is 18.0 Å². The number of nitrogens with one attached hydrogen (secondary N) is 3. The Hall–Kier alpha value is -2.28. The van der Waals surface area contributed by atoms with Crippen molar-refractivity contribution in [3.63, 3.8) is 0 Å². The van der Waals surface area contributed by atoms with Crippen molar-refractivity contribution in [2.24, 2.45) is 0 Å². The lowest BCUT2D eigenvalue weighted by atomic mass is 10.1. The van der Waals surface area contributed by atoms with E-state index in [1.165, 1.54) is 15.4 Å². The van der Waals surface area contributed by atoms with E-state index in [1.807, 2.05) is 25.1 Å². The lowest BCUT2D eigenvalue weighted by Crippen LogP contribution is -3.28. The molecule has 0 bridgehead atoms. The molecule has 148 valence electrons. The second-order valence-corrected chi connectivity index (χ2v) is 7.96. The van der Waals surface area contributed by atoms with Gasteiger partial charge in [0, 0.05) is 16.3 Å². The molecule has 1 saturated heterocycles. The van der Waals surface area contributed by atoms with E-state index < -0.39 is 0 Å². The number of piperazine rings is 1. The molecule has 0 aliphatic carbocycles. The van der Waals surface area contributed by atoms with Crippen molar-refractivity contribution in [1.29, 1.82) is 0 Å². The van der Waals surface area contributed by atoms with Crippen molar-refractivity contribution in [3.05, 3.63) is 52.5 Å². The van der Waals surface area contributed by atoms with Crippen LogP contribution in [0.3, 0.4) is 0 Å². The summed E-state index contributed by atoms with van der Waals surface area (Å²) in [6.07, 6.45) is 0. The van der Waals surface area contributed by atoms with Crippen LogP contribution in [-0.2, 0) is 11.3 Å². The zero-order valence-corrected chi connectivity index (χ0v) is 16.8. The van der Waals surface area contributed by atoms with Crippen LogP contribution in [0.15, 0.2) is 36.4 Å². The maximum Gasteiger partial charge on any atom is 0.279 e. The number of hydrogen-bond acceptors (Lipinski definition) is 3. The summed E-state index contributed by atoms with van der Waals surface area (Å²) in [4.78, 5) is 15.2. The second kappa shape index (κ2) is 8.39. The maximum atomic E-state index is 12.4. The minimum absolute atomic E-state index is 0.0362. The molecule has 4 rings (SSSR count). The minimum Gasteiger partial charge on any atom is -0.454 e. The van der Waals surface area contributed by atoms with Crippen molar-refractivity contribution < 1.29 is 24.1 Å². The molecule has 0 aromatic heterocycles. The second-order valence-electron chi connectivity index (χ2n) is 7.55. The summed E-state index contributed by atoms with van der Waals surface area (Å²) in [7, 11) is 0. The van der Waals surface area contributed by atoms with Gasteiger partial charge in [-0.05, 0) is 42.8 Å². The van der Waals surface area contributed by atoms with Crippen molar-refractivity contribution in [1.82, 2.24) is 0 Å². The molecule has 1 fully saturated rings. The van der Waals surface area contributed by atoms with E-state index >= 15 is 0 Å². The number of anilines is 1. The molecule has 2 aliphatic rings. The van der Waals surface area contributed by atoms with Crippen LogP contribution in [0.2, 0.25) is 5.02 Å². The molecule has 2 aromatic rings. The molecule has 2 aliphatic heterocycles. The average molecular weight is 404 g/mol. The first-order valence-corrected chi connectivity index (χ1v) is 10.1. The molecule has 0 saturated carbocycles. The first kappa shape index (κ1) is 19.1. The van der Waals surface area contributed by atoms with Gasteiger partial charge in [0.05, 0.1) is 0 Å². The molecule has 3 N–H and O–H groups in total. The third kappa shape index (κ3) is 4.58. The van der Waals surface area contributed by atoms with E-state index in [1.54, 1.807) is 6.07 Å². The Bertz CT molecular complexity index is 866. The number of benzene rings is 2. The topological polar surface area (TPSA) is 56.4 Å². The fraction of sp³-hybridized carbons (Fsp3) is 0.381. The van der Waals surface area contributed by atoms with Crippen molar-refractivity contribution in [3.8, 4) is 11.5 Å². The summed E-state index contributed by atoms with van der Waals surface area (Å²) in [5.41, 5.74) is 3.02. The number of carbonyl (C=O) groups is 1. The van der Waals surface area contributed by atoms with Crippen LogP contribution < -0.4 is 24.6 Å². The summed E-state index contributed by atoms with van der Waals surface area (Å²) in [5, 5.41) is 3.63. The van der Waals surface area contributed by atoms with Gasteiger partial charge >= 0.3 is 0 Å². The normalized spacial score (nSPS) is 20.8.